The molecule has 1 amide bonds. The molecule has 0 unspecified atom stereocenters. The lowest BCUT2D eigenvalue weighted by Crippen LogP contribution is -2.36. The first-order valence-electron chi connectivity index (χ1n) is 6.32. The molecule has 2 rings (SSSR count). The lowest BCUT2D eigenvalue weighted by molar-refractivity contribution is -0.129. The fraction of sp³-hybridized carbons (Fsp3) is 0.357. The van der Waals surface area contributed by atoms with Crippen molar-refractivity contribution in [2.75, 3.05) is 25.5 Å². The molecule has 106 valence electrons. The van der Waals surface area contributed by atoms with Crippen LogP contribution in [0.3, 0.4) is 0 Å². The van der Waals surface area contributed by atoms with E-state index in [0.29, 0.717) is 12.4 Å². The van der Waals surface area contributed by atoms with Crippen LogP contribution in [0.1, 0.15) is 11.5 Å². The lowest BCUT2D eigenvalue weighted by Gasteiger charge is -2.21. The molecule has 0 spiro atoms. The van der Waals surface area contributed by atoms with Crippen LogP contribution in [0.4, 0.5) is 5.82 Å². The summed E-state index contributed by atoms with van der Waals surface area (Å²) in [5.41, 5.74) is 0. The third-order valence-electron chi connectivity index (χ3n) is 2.93. The molecule has 0 aromatic carbocycles. The number of aryl methyl sites for hydroxylation is 1. The molecule has 0 atom stereocenters. The predicted octanol–water partition coefficient (Wildman–Crippen LogP) is 1.47. The van der Waals surface area contributed by atoms with Gasteiger partial charge >= 0.3 is 0 Å². The van der Waals surface area contributed by atoms with Crippen molar-refractivity contribution in [2.45, 2.75) is 13.5 Å². The van der Waals surface area contributed by atoms with Gasteiger partial charge < -0.3 is 14.2 Å². The Labute approximate surface area is 118 Å². The normalized spacial score (nSPS) is 10.3. The molecule has 6 nitrogen and oxygen atoms in total. The van der Waals surface area contributed by atoms with Crippen LogP contribution in [0.5, 0.6) is 0 Å². The first kappa shape index (κ1) is 14.0. The number of anilines is 1. The summed E-state index contributed by atoms with van der Waals surface area (Å²) in [4.78, 5) is 23.7. The number of amides is 1. The maximum Gasteiger partial charge on any atom is 0.242 e. The Balaban J connectivity index is 1.91. The molecule has 20 heavy (non-hydrogen) atoms. The van der Waals surface area contributed by atoms with Crippen LogP contribution in [0.2, 0.25) is 0 Å². The quantitative estimate of drug-likeness (QED) is 0.826. The van der Waals surface area contributed by atoms with Crippen LogP contribution in [0, 0.1) is 6.92 Å². The molecular weight excluding hydrogens is 256 g/mol. The molecule has 0 radical (unpaired) electrons. The third-order valence-corrected chi connectivity index (χ3v) is 2.93. The van der Waals surface area contributed by atoms with E-state index in [-0.39, 0.29) is 12.5 Å². The van der Waals surface area contributed by atoms with Crippen molar-refractivity contribution in [3.8, 4) is 0 Å². The number of aromatic nitrogens is 2. The van der Waals surface area contributed by atoms with E-state index >= 15 is 0 Å². The van der Waals surface area contributed by atoms with Gasteiger partial charge in [0.25, 0.3) is 0 Å². The van der Waals surface area contributed by atoms with Gasteiger partial charge in [-0.3, -0.25) is 9.78 Å². The minimum Gasteiger partial charge on any atom is -0.464 e. The summed E-state index contributed by atoms with van der Waals surface area (Å²) in [5, 5.41) is 0. The topological polar surface area (TPSA) is 62.5 Å². The molecule has 2 aromatic rings. The highest BCUT2D eigenvalue weighted by Gasteiger charge is 2.14. The lowest BCUT2D eigenvalue weighted by atomic mass is 10.4. The van der Waals surface area contributed by atoms with Gasteiger partial charge in [0.2, 0.25) is 5.91 Å². The number of furan rings is 1. The Morgan fingerprint density at radius 1 is 1.30 bits per heavy atom. The molecule has 0 aliphatic heterocycles. The summed E-state index contributed by atoms with van der Waals surface area (Å²) >= 11 is 0. The highest BCUT2D eigenvalue weighted by Crippen LogP contribution is 2.10. The van der Waals surface area contributed by atoms with Crippen LogP contribution in [-0.2, 0) is 11.3 Å². The van der Waals surface area contributed by atoms with Crippen LogP contribution < -0.4 is 4.90 Å². The van der Waals surface area contributed by atoms with Crippen molar-refractivity contribution in [2.24, 2.45) is 0 Å². The summed E-state index contributed by atoms with van der Waals surface area (Å²) in [6.45, 7) is 2.59. The molecule has 2 aromatic heterocycles. The first-order valence-corrected chi connectivity index (χ1v) is 6.32. The Bertz CT molecular complexity index is 568. The zero-order valence-corrected chi connectivity index (χ0v) is 11.9. The maximum atomic E-state index is 12.1. The molecular formula is C14H18N4O2. The SMILES string of the molecule is Cc1ccc(CN(C)C(=O)CN(C)c2cnccn2)o1. The van der Waals surface area contributed by atoms with Gasteiger partial charge in [-0.05, 0) is 19.1 Å². The monoisotopic (exact) mass is 274 g/mol. The molecule has 2 heterocycles. The number of likely N-dealkylation sites (N-methyl/N-ethyl adjacent to an activating group) is 2. The van der Waals surface area contributed by atoms with Crippen molar-refractivity contribution in [3.05, 3.63) is 42.2 Å². The van der Waals surface area contributed by atoms with E-state index in [1.54, 1.807) is 35.4 Å². The van der Waals surface area contributed by atoms with Crippen molar-refractivity contribution in [3.63, 3.8) is 0 Å². The Morgan fingerprint density at radius 3 is 2.70 bits per heavy atom. The number of nitrogens with zero attached hydrogens (tertiary/aromatic N) is 4. The van der Waals surface area contributed by atoms with Gasteiger partial charge in [-0.1, -0.05) is 0 Å². The Kier molecular flexibility index (Phi) is 4.34. The third kappa shape index (κ3) is 3.57. The molecule has 0 aliphatic carbocycles. The standard InChI is InChI=1S/C14H18N4O2/c1-11-4-5-12(20-11)9-18(3)14(19)10-17(2)13-8-15-6-7-16-13/h4-8H,9-10H2,1-3H3. The minimum atomic E-state index is -0.00722. The van der Waals surface area contributed by atoms with Gasteiger partial charge in [0.15, 0.2) is 0 Å². The van der Waals surface area contributed by atoms with Gasteiger partial charge in [-0.25, -0.2) is 4.98 Å². The fourth-order valence-electron chi connectivity index (χ4n) is 1.78. The van der Waals surface area contributed by atoms with Gasteiger partial charge in [-0.15, -0.1) is 0 Å². The van der Waals surface area contributed by atoms with Crippen LogP contribution in [0.15, 0.2) is 35.1 Å². The van der Waals surface area contributed by atoms with Crippen molar-refractivity contribution in [1.29, 1.82) is 0 Å². The molecule has 0 N–H and O–H groups in total. The highest BCUT2D eigenvalue weighted by atomic mass is 16.3. The second-order valence-corrected chi connectivity index (χ2v) is 4.68. The number of hydrogen-bond donors (Lipinski definition) is 0. The summed E-state index contributed by atoms with van der Waals surface area (Å²) in [6.07, 6.45) is 4.83. The molecule has 6 heteroatoms. The van der Waals surface area contributed by atoms with E-state index < -0.39 is 0 Å². The number of hydrogen-bond acceptors (Lipinski definition) is 5. The second kappa shape index (κ2) is 6.18. The van der Waals surface area contributed by atoms with Crippen molar-refractivity contribution < 1.29 is 9.21 Å². The van der Waals surface area contributed by atoms with Crippen LogP contribution in [-0.4, -0.2) is 41.4 Å². The van der Waals surface area contributed by atoms with Gasteiger partial charge in [0.1, 0.15) is 17.3 Å². The summed E-state index contributed by atoms with van der Waals surface area (Å²) < 4.78 is 5.46. The largest absolute Gasteiger partial charge is 0.464 e. The minimum absolute atomic E-state index is 0.00722. The van der Waals surface area contributed by atoms with Gasteiger partial charge in [-0.2, -0.15) is 0 Å². The fourth-order valence-corrected chi connectivity index (χ4v) is 1.78. The molecule has 0 saturated carbocycles. The van der Waals surface area contributed by atoms with E-state index in [4.69, 9.17) is 4.42 Å². The zero-order chi connectivity index (χ0) is 14.5. The van der Waals surface area contributed by atoms with E-state index in [9.17, 15) is 4.79 Å². The van der Waals surface area contributed by atoms with Gasteiger partial charge in [0, 0.05) is 26.5 Å². The Morgan fingerprint density at radius 2 is 2.10 bits per heavy atom. The van der Waals surface area contributed by atoms with E-state index in [1.807, 2.05) is 26.1 Å². The first-order chi connectivity index (χ1) is 9.56. The molecule has 0 bridgehead atoms. The zero-order valence-electron chi connectivity index (χ0n) is 11.9. The van der Waals surface area contributed by atoms with Gasteiger partial charge in [0.05, 0.1) is 19.3 Å². The highest BCUT2D eigenvalue weighted by molar-refractivity contribution is 5.80. The van der Waals surface area contributed by atoms with Crippen LogP contribution in [0.25, 0.3) is 0 Å². The van der Waals surface area contributed by atoms with E-state index in [2.05, 4.69) is 9.97 Å². The Hall–Kier alpha value is -2.37. The number of carbonyl (C=O) groups is 1. The summed E-state index contributed by atoms with van der Waals surface area (Å²) in [6, 6.07) is 3.77. The average Bonchev–Trinajstić information content (AvgIpc) is 2.85. The summed E-state index contributed by atoms with van der Waals surface area (Å²) in [5.74, 6) is 2.29. The molecule has 0 saturated heterocycles. The second-order valence-electron chi connectivity index (χ2n) is 4.68. The van der Waals surface area contributed by atoms with E-state index in [0.717, 1.165) is 11.5 Å². The maximum absolute atomic E-state index is 12.1. The summed E-state index contributed by atoms with van der Waals surface area (Å²) in [7, 11) is 3.57. The predicted molar refractivity (Wildman–Crippen MR) is 75.2 cm³/mol. The average molecular weight is 274 g/mol. The molecule has 0 fully saturated rings. The number of carbonyl (C=O) groups excluding carboxylic acids is 1. The number of rotatable bonds is 5. The van der Waals surface area contributed by atoms with Crippen molar-refractivity contribution in [1.82, 2.24) is 14.9 Å². The van der Waals surface area contributed by atoms with E-state index in [1.165, 1.54) is 0 Å². The van der Waals surface area contributed by atoms with Crippen molar-refractivity contribution >= 4 is 11.7 Å². The van der Waals surface area contributed by atoms with Crippen LogP contribution >= 0.6 is 0 Å². The smallest absolute Gasteiger partial charge is 0.242 e. The molecule has 0 aliphatic rings.